The number of hydrogen-bond acceptors (Lipinski definition) is 2. The third-order valence-electron chi connectivity index (χ3n) is 2.27. The smallest absolute Gasteiger partial charge is 0.416 e. The van der Waals surface area contributed by atoms with Gasteiger partial charge in [0.05, 0.1) is 11.1 Å². The van der Waals surface area contributed by atoms with E-state index in [0.717, 1.165) is 0 Å². The number of halogens is 6. The summed E-state index contributed by atoms with van der Waals surface area (Å²) in [6.45, 7) is 1.32. The van der Waals surface area contributed by atoms with Gasteiger partial charge in [-0.3, -0.25) is 0 Å². The Balaban J connectivity index is 3.28. The Morgan fingerprint density at radius 3 is 1.75 bits per heavy atom. The Morgan fingerprint density at radius 2 is 1.45 bits per heavy atom. The Hall–Kier alpha value is -1.51. The molecule has 0 spiro atoms. The van der Waals surface area contributed by atoms with Crippen molar-refractivity contribution in [2.45, 2.75) is 25.4 Å². The SMILES string of the molecule is CC(Oc1cc(C(F)(F)F)cc(C(F)(F)F)c1)C(N)=S. The Morgan fingerprint density at radius 1 is 1.05 bits per heavy atom. The van der Waals surface area contributed by atoms with Gasteiger partial charge in [0, 0.05) is 0 Å². The number of nitrogens with two attached hydrogens (primary N) is 1. The summed E-state index contributed by atoms with van der Waals surface area (Å²) in [6, 6.07) is 0.937. The summed E-state index contributed by atoms with van der Waals surface area (Å²) in [4.78, 5) is -0.184. The molecule has 0 aliphatic carbocycles. The molecule has 2 N–H and O–H groups in total. The van der Waals surface area contributed by atoms with Gasteiger partial charge in [0.2, 0.25) is 0 Å². The van der Waals surface area contributed by atoms with Gasteiger partial charge < -0.3 is 10.5 Å². The van der Waals surface area contributed by atoms with Crippen LogP contribution in [0, 0.1) is 0 Å². The normalized spacial score (nSPS) is 13.9. The lowest BCUT2D eigenvalue weighted by Crippen LogP contribution is -2.29. The molecule has 112 valence electrons. The predicted molar refractivity (Wildman–Crippen MR) is 63.3 cm³/mol. The molecule has 0 aliphatic heterocycles. The van der Waals surface area contributed by atoms with Crippen molar-refractivity contribution < 1.29 is 31.1 Å². The number of hydrogen-bond donors (Lipinski definition) is 1. The molecule has 1 aromatic carbocycles. The highest BCUT2D eigenvalue weighted by atomic mass is 32.1. The first-order valence-corrected chi connectivity index (χ1v) is 5.57. The van der Waals surface area contributed by atoms with E-state index in [2.05, 4.69) is 12.2 Å². The molecule has 20 heavy (non-hydrogen) atoms. The van der Waals surface area contributed by atoms with Crippen molar-refractivity contribution in [3.05, 3.63) is 29.3 Å². The molecule has 0 fully saturated rings. The summed E-state index contributed by atoms with van der Waals surface area (Å²) < 4.78 is 80.2. The van der Waals surface area contributed by atoms with Crippen LogP contribution < -0.4 is 10.5 Å². The second kappa shape index (κ2) is 5.47. The largest absolute Gasteiger partial charge is 0.484 e. The zero-order valence-electron chi connectivity index (χ0n) is 9.97. The van der Waals surface area contributed by atoms with Crippen molar-refractivity contribution in [2.75, 3.05) is 0 Å². The molecule has 1 aromatic rings. The highest BCUT2D eigenvalue weighted by molar-refractivity contribution is 7.80. The molecule has 0 saturated heterocycles. The quantitative estimate of drug-likeness (QED) is 0.681. The number of ether oxygens (including phenoxy) is 1. The van der Waals surface area contributed by atoms with Gasteiger partial charge in [-0.05, 0) is 25.1 Å². The molecule has 0 aromatic heterocycles. The van der Waals surface area contributed by atoms with E-state index in [9.17, 15) is 26.3 Å². The van der Waals surface area contributed by atoms with Crippen molar-refractivity contribution >= 4 is 17.2 Å². The number of alkyl halides is 6. The maximum Gasteiger partial charge on any atom is 0.416 e. The van der Waals surface area contributed by atoms with E-state index in [4.69, 9.17) is 10.5 Å². The summed E-state index contributed by atoms with van der Waals surface area (Å²) in [5.74, 6) is -0.604. The molecule has 0 aliphatic rings. The van der Waals surface area contributed by atoms with Gasteiger partial charge in [-0.25, -0.2) is 0 Å². The van der Waals surface area contributed by atoms with Gasteiger partial charge in [0.15, 0.2) is 0 Å². The van der Waals surface area contributed by atoms with Crippen LogP contribution in [0.15, 0.2) is 18.2 Å². The summed E-state index contributed by atoms with van der Waals surface area (Å²) >= 11 is 4.54. The van der Waals surface area contributed by atoms with Gasteiger partial charge in [-0.15, -0.1) is 0 Å². The Labute approximate surface area is 115 Å². The van der Waals surface area contributed by atoms with Crippen molar-refractivity contribution in [1.82, 2.24) is 0 Å². The van der Waals surface area contributed by atoms with Crippen LogP contribution in [0.2, 0.25) is 0 Å². The molecule has 0 amide bonds. The van der Waals surface area contributed by atoms with E-state index in [-0.39, 0.29) is 11.1 Å². The summed E-state index contributed by atoms with van der Waals surface area (Å²) in [5, 5.41) is 0. The lowest BCUT2D eigenvalue weighted by Gasteiger charge is -2.17. The zero-order chi connectivity index (χ0) is 15.7. The zero-order valence-corrected chi connectivity index (χ0v) is 10.8. The minimum atomic E-state index is -4.92. The minimum Gasteiger partial charge on any atom is -0.484 e. The van der Waals surface area contributed by atoms with Crippen LogP contribution in [0.5, 0.6) is 5.75 Å². The highest BCUT2D eigenvalue weighted by Gasteiger charge is 2.37. The van der Waals surface area contributed by atoms with Crippen LogP contribution in [-0.4, -0.2) is 11.1 Å². The van der Waals surface area contributed by atoms with Gasteiger partial charge in [-0.1, -0.05) is 12.2 Å². The summed E-state index contributed by atoms with van der Waals surface area (Å²) in [7, 11) is 0. The molecule has 0 heterocycles. The van der Waals surface area contributed by atoms with Crippen LogP contribution in [0.4, 0.5) is 26.3 Å². The van der Waals surface area contributed by atoms with Gasteiger partial charge in [0.25, 0.3) is 0 Å². The highest BCUT2D eigenvalue weighted by Crippen LogP contribution is 2.38. The lowest BCUT2D eigenvalue weighted by molar-refractivity contribution is -0.143. The first kappa shape index (κ1) is 16.5. The second-order valence-corrected chi connectivity index (χ2v) is 4.38. The van der Waals surface area contributed by atoms with Crippen LogP contribution in [-0.2, 0) is 12.4 Å². The Kier molecular flexibility index (Phi) is 4.52. The molecule has 9 heteroatoms. The first-order chi connectivity index (χ1) is 8.91. The molecular weight excluding hydrogens is 308 g/mol. The van der Waals surface area contributed by atoms with Gasteiger partial charge >= 0.3 is 12.4 Å². The van der Waals surface area contributed by atoms with Crippen molar-refractivity contribution in [1.29, 1.82) is 0 Å². The third-order valence-corrected chi connectivity index (χ3v) is 2.61. The van der Waals surface area contributed by atoms with Gasteiger partial charge in [0.1, 0.15) is 16.8 Å². The fourth-order valence-electron chi connectivity index (χ4n) is 1.26. The van der Waals surface area contributed by atoms with Crippen LogP contribution in [0.25, 0.3) is 0 Å². The van der Waals surface area contributed by atoms with E-state index < -0.39 is 35.3 Å². The molecular formula is C11H9F6NOS. The molecule has 0 saturated carbocycles. The Bertz CT molecular complexity index is 478. The number of thiocarbonyl (C=S) groups is 1. The van der Waals surface area contributed by atoms with Gasteiger partial charge in [-0.2, -0.15) is 26.3 Å². The van der Waals surface area contributed by atoms with E-state index in [1.165, 1.54) is 6.92 Å². The fourth-order valence-corrected chi connectivity index (χ4v) is 1.30. The number of benzene rings is 1. The van der Waals surface area contributed by atoms with Crippen LogP contribution in [0.1, 0.15) is 18.1 Å². The monoisotopic (exact) mass is 317 g/mol. The van der Waals surface area contributed by atoms with Crippen LogP contribution in [0.3, 0.4) is 0 Å². The van der Waals surface area contributed by atoms with Crippen molar-refractivity contribution in [3.63, 3.8) is 0 Å². The average molecular weight is 317 g/mol. The second-order valence-electron chi connectivity index (χ2n) is 3.90. The van der Waals surface area contributed by atoms with E-state index in [0.29, 0.717) is 12.1 Å². The summed E-state index contributed by atoms with van der Waals surface area (Å²) in [5.41, 5.74) is 2.27. The molecule has 0 radical (unpaired) electrons. The molecule has 1 unspecified atom stereocenters. The van der Waals surface area contributed by atoms with Crippen LogP contribution >= 0.6 is 12.2 Å². The van der Waals surface area contributed by atoms with Crippen molar-refractivity contribution in [2.24, 2.45) is 5.73 Å². The fraction of sp³-hybridized carbons (Fsp3) is 0.364. The van der Waals surface area contributed by atoms with E-state index >= 15 is 0 Å². The van der Waals surface area contributed by atoms with E-state index in [1.54, 1.807) is 0 Å². The first-order valence-electron chi connectivity index (χ1n) is 5.16. The maximum atomic E-state index is 12.6. The average Bonchev–Trinajstić information content (AvgIpc) is 2.26. The third kappa shape index (κ3) is 4.26. The lowest BCUT2D eigenvalue weighted by atomic mass is 10.1. The topological polar surface area (TPSA) is 35.2 Å². The molecule has 0 bridgehead atoms. The van der Waals surface area contributed by atoms with E-state index in [1.807, 2.05) is 0 Å². The predicted octanol–water partition coefficient (Wildman–Crippen LogP) is 3.78. The minimum absolute atomic E-state index is 0.0122. The standard InChI is InChI=1S/C11H9F6NOS/c1-5(9(18)20)19-8-3-6(10(12,13)14)2-7(4-8)11(15,16)17/h2-5H,1H3,(H2,18,20). The maximum absolute atomic E-state index is 12.6. The number of rotatable bonds is 3. The summed E-state index contributed by atoms with van der Waals surface area (Å²) in [6.07, 6.45) is -10.8. The molecule has 2 nitrogen and oxygen atoms in total. The molecule has 1 rings (SSSR count). The van der Waals surface area contributed by atoms with Crippen molar-refractivity contribution in [3.8, 4) is 5.75 Å². The molecule has 1 atom stereocenters.